The summed E-state index contributed by atoms with van der Waals surface area (Å²) >= 11 is 1.87. The van der Waals surface area contributed by atoms with E-state index in [0.717, 1.165) is 19.4 Å². The lowest BCUT2D eigenvalue weighted by Crippen LogP contribution is -2.40. The van der Waals surface area contributed by atoms with E-state index in [1.54, 1.807) is 0 Å². The summed E-state index contributed by atoms with van der Waals surface area (Å²) in [5, 5.41) is 0. The minimum absolute atomic E-state index is 0.475. The molecule has 0 radical (unpaired) electrons. The van der Waals surface area contributed by atoms with Crippen molar-refractivity contribution >= 4 is 17.7 Å². The predicted octanol–water partition coefficient (Wildman–Crippen LogP) is 1.78. The molecule has 4 heteroatoms. The van der Waals surface area contributed by atoms with Gasteiger partial charge in [0.05, 0.1) is 0 Å². The first-order valence-corrected chi connectivity index (χ1v) is 6.54. The molecule has 0 aromatic heterocycles. The van der Waals surface area contributed by atoms with Gasteiger partial charge in [0, 0.05) is 19.6 Å². The number of nitrogens with two attached hydrogens (primary N) is 1. The van der Waals surface area contributed by atoms with Crippen LogP contribution in [-0.4, -0.2) is 42.5 Å². The van der Waals surface area contributed by atoms with Gasteiger partial charge in [-0.3, -0.25) is 4.99 Å². The van der Waals surface area contributed by atoms with Crippen LogP contribution in [0.15, 0.2) is 4.99 Å². The fraction of sp³-hybridized carbons (Fsp3) is 0.900. The van der Waals surface area contributed by atoms with E-state index in [4.69, 9.17) is 5.73 Å². The molecular weight excluding hydrogens is 194 g/mol. The molecule has 0 bridgehead atoms. The highest BCUT2D eigenvalue weighted by molar-refractivity contribution is 7.98. The van der Waals surface area contributed by atoms with Gasteiger partial charge in [-0.1, -0.05) is 6.92 Å². The van der Waals surface area contributed by atoms with Crippen molar-refractivity contribution in [2.24, 2.45) is 10.7 Å². The smallest absolute Gasteiger partial charge is 0.191 e. The molecule has 0 aromatic rings. The molecule has 0 aliphatic rings. The Hall–Kier alpha value is -0.380. The molecule has 0 saturated heterocycles. The molecule has 0 spiro atoms. The van der Waals surface area contributed by atoms with Gasteiger partial charge in [-0.25, -0.2) is 0 Å². The normalized spacial score (nSPS) is 14.1. The van der Waals surface area contributed by atoms with Crippen LogP contribution in [0.1, 0.15) is 26.7 Å². The topological polar surface area (TPSA) is 41.6 Å². The van der Waals surface area contributed by atoms with E-state index >= 15 is 0 Å². The lowest BCUT2D eigenvalue weighted by Gasteiger charge is -2.25. The lowest BCUT2D eigenvalue weighted by atomic mass is 10.2. The second-order valence-corrected chi connectivity index (χ2v) is 4.47. The highest BCUT2D eigenvalue weighted by atomic mass is 32.2. The first-order valence-electron chi connectivity index (χ1n) is 5.15. The van der Waals surface area contributed by atoms with E-state index in [9.17, 15) is 0 Å². The minimum Gasteiger partial charge on any atom is -0.370 e. The van der Waals surface area contributed by atoms with Crippen LogP contribution >= 0.6 is 11.8 Å². The molecule has 3 nitrogen and oxygen atoms in total. The van der Waals surface area contributed by atoms with Gasteiger partial charge in [0.1, 0.15) is 0 Å². The first kappa shape index (κ1) is 13.6. The van der Waals surface area contributed by atoms with Crippen LogP contribution in [0.5, 0.6) is 0 Å². The van der Waals surface area contributed by atoms with Crippen molar-refractivity contribution in [1.29, 1.82) is 0 Å². The molecular formula is C10H23N3S. The molecule has 84 valence electrons. The van der Waals surface area contributed by atoms with Gasteiger partial charge in [-0.2, -0.15) is 11.8 Å². The van der Waals surface area contributed by atoms with Crippen molar-refractivity contribution in [3.8, 4) is 0 Å². The SMILES string of the molecule is CCCN=C(N)N(C)C(C)CCSC. The van der Waals surface area contributed by atoms with Crippen LogP contribution in [0, 0.1) is 0 Å². The summed E-state index contributed by atoms with van der Waals surface area (Å²) < 4.78 is 0. The maximum Gasteiger partial charge on any atom is 0.191 e. The fourth-order valence-electron chi connectivity index (χ4n) is 1.05. The van der Waals surface area contributed by atoms with Crippen LogP contribution in [0.2, 0.25) is 0 Å². The quantitative estimate of drug-likeness (QED) is 0.545. The maximum atomic E-state index is 5.85. The fourth-order valence-corrected chi connectivity index (χ4v) is 1.62. The summed E-state index contributed by atoms with van der Waals surface area (Å²) in [6.07, 6.45) is 4.33. The average molecular weight is 217 g/mol. The van der Waals surface area contributed by atoms with E-state index < -0.39 is 0 Å². The van der Waals surface area contributed by atoms with Gasteiger partial charge >= 0.3 is 0 Å². The van der Waals surface area contributed by atoms with Crippen molar-refractivity contribution in [3.05, 3.63) is 0 Å². The van der Waals surface area contributed by atoms with Gasteiger partial charge in [-0.15, -0.1) is 0 Å². The largest absolute Gasteiger partial charge is 0.370 e. The lowest BCUT2D eigenvalue weighted by molar-refractivity contribution is 0.377. The standard InChI is InChI=1S/C10H23N3S/c1-5-7-12-10(11)13(3)9(2)6-8-14-4/h9H,5-8H2,1-4H3,(H2,11,12). The van der Waals surface area contributed by atoms with Crippen molar-refractivity contribution in [1.82, 2.24) is 4.90 Å². The summed E-state index contributed by atoms with van der Waals surface area (Å²) in [4.78, 5) is 6.35. The molecule has 0 saturated carbocycles. The Morgan fingerprint density at radius 1 is 1.57 bits per heavy atom. The van der Waals surface area contributed by atoms with E-state index in [-0.39, 0.29) is 0 Å². The second-order valence-electron chi connectivity index (χ2n) is 3.48. The molecule has 0 amide bonds. The Morgan fingerprint density at radius 2 is 2.21 bits per heavy atom. The van der Waals surface area contributed by atoms with Crippen LogP contribution in [0.25, 0.3) is 0 Å². The molecule has 1 atom stereocenters. The first-order chi connectivity index (χ1) is 6.63. The summed E-state index contributed by atoms with van der Waals surface area (Å²) in [7, 11) is 2.01. The number of aliphatic imine (C=N–C) groups is 1. The molecule has 0 fully saturated rings. The van der Waals surface area contributed by atoms with Crippen LogP contribution in [-0.2, 0) is 0 Å². The highest BCUT2D eigenvalue weighted by Crippen LogP contribution is 2.05. The molecule has 0 aliphatic carbocycles. The number of rotatable bonds is 6. The maximum absolute atomic E-state index is 5.85. The number of hydrogen-bond acceptors (Lipinski definition) is 2. The third-order valence-corrected chi connectivity index (χ3v) is 2.90. The molecule has 0 heterocycles. The monoisotopic (exact) mass is 217 g/mol. The van der Waals surface area contributed by atoms with Crippen LogP contribution in [0.4, 0.5) is 0 Å². The van der Waals surface area contributed by atoms with Gasteiger partial charge in [0.25, 0.3) is 0 Å². The van der Waals surface area contributed by atoms with E-state index in [1.165, 1.54) is 5.75 Å². The van der Waals surface area contributed by atoms with E-state index in [1.807, 2.05) is 18.8 Å². The van der Waals surface area contributed by atoms with Crippen molar-refractivity contribution in [2.75, 3.05) is 25.6 Å². The van der Waals surface area contributed by atoms with Gasteiger partial charge < -0.3 is 10.6 Å². The summed E-state index contributed by atoms with van der Waals surface area (Å²) in [5.74, 6) is 1.84. The zero-order valence-electron chi connectivity index (χ0n) is 9.79. The van der Waals surface area contributed by atoms with Crippen molar-refractivity contribution < 1.29 is 0 Å². The number of hydrogen-bond donors (Lipinski definition) is 1. The summed E-state index contributed by atoms with van der Waals surface area (Å²) in [6.45, 7) is 5.11. The molecule has 14 heavy (non-hydrogen) atoms. The summed E-state index contributed by atoms with van der Waals surface area (Å²) in [5.41, 5.74) is 5.85. The Bertz CT molecular complexity index is 171. The van der Waals surface area contributed by atoms with Crippen molar-refractivity contribution in [2.45, 2.75) is 32.7 Å². The van der Waals surface area contributed by atoms with Gasteiger partial charge in [-0.05, 0) is 31.8 Å². The number of thioether (sulfide) groups is 1. The zero-order valence-corrected chi connectivity index (χ0v) is 10.6. The zero-order chi connectivity index (χ0) is 11.0. The van der Waals surface area contributed by atoms with Gasteiger partial charge in [0.2, 0.25) is 0 Å². The van der Waals surface area contributed by atoms with E-state index in [2.05, 4.69) is 30.0 Å². The molecule has 2 N–H and O–H groups in total. The Kier molecular flexibility index (Phi) is 7.76. The van der Waals surface area contributed by atoms with Crippen molar-refractivity contribution in [3.63, 3.8) is 0 Å². The third kappa shape index (κ3) is 5.37. The Labute approximate surface area is 92.1 Å². The Balaban J connectivity index is 3.95. The second kappa shape index (κ2) is 7.97. The van der Waals surface area contributed by atoms with Gasteiger partial charge in [0.15, 0.2) is 5.96 Å². The Morgan fingerprint density at radius 3 is 2.71 bits per heavy atom. The molecule has 0 aliphatic heterocycles. The van der Waals surface area contributed by atoms with E-state index in [0.29, 0.717) is 12.0 Å². The molecule has 0 rings (SSSR count). The third-order valence-electron chi connectivity index (χ3n) is 2.26. The number of nitrogens with zero attached hydrogens (tertiary/aromatic N) is 2. The molecule has 1 unspecified atom stereocenters. The average Bonchev–Trinajstić information content (AvgIpc) is 2.21. The molecule has 0 aromatic carbocycles. The minimum atomic E-state index is 0.475. The summed E-state index contributed by atoms with van der Waals surface area (Å²) in [6, 6.07) is 0.475. The number of guanidine groups is 1. The predicted molar refractivity (Wildman–Crippen MR) is 67.0 cm³/mol. The van der Waals surface area contributed by atoms with Crippen LogP contribution in [0.3, 0.4) is 0 Å². The highest BCUT2D eigenvalue weighted by Gasteiger charge is 2.09. The van der Waals surface area contributed by atoms with Crippen LogP contribution < -0.4 is 5.73 Å².